The molecular weight excluding hydrogens is 340 g/mol. The van der Waals surface area contributed by atoms with Gasteiger partial charge in [-0.1, -0.05) is 6.07 Å². The fourth-order valence-electron chi connectivity index (χ4n) is 1.91. The Balaban J connectivity index is 2.51. The summed E-state index contributed by atoms with van der Waals surface area (Å²) in [7, 11) is 0. The molecule has 1 rings (SSSR count). The summed E-state index contributed by atoms with van der Waals surface area (Å²) < 4.78 is 0. The van der Waals surface area contributed by atoms with Crippen molar-refractivity contribution in [3.8, 4) is 0 Å². The zero-order valence-corrected chi connectivity index (χ0v) is 13.4. The lowest BCUT2D eigenvalue weighted by atomic mass is 10.0. The maximum Gasteiger partial charge on any atom is 0.336 e. The smallest absolute Gasteiger partial charge is 0.336 e. The van der Waals surface area contributed by atoms with E-state index in [0.717, 1.165) is 0 Å². The van der Waals surface area contributed by atoms with E-state index in [4.69, 9.17) is 21.8 Å². The summed E-state index contributed by atoms with van der Waals surface area (Å²) >= 11 is 5.30. The van der Waals surface area contributed by atoms with E-state index in [1.54, 1.807) is 0 Å². The number of nitrogens with one attached hydrogen (secondary N) is 2. The predicted molar refractivity (Wildman–Crippen MR) is 85.4 cm³/mol. The molecular formula is C15H17ClN2O6. The van der Waals surface area contributed by atoms with Crippen LogP contribution in [0.25, 0.3) is 0 Å². The van der Waals surface area contributed by atoms with Crippen LogP contribution in [0.4, 0.5) is 0 Å². The number of benzene rings is 1. The van der Waals surface area contributed by atoms with Gasteiger partial charge in [-0.3, -0.25) is 9.59 Å². The maximum absolute atomic E-state index is 11.7. The largest absolute Gasteiger partial charge is 0.478 e. The summed E-state index contributed by atoms with van der Waals surface area (Å²) in [4.78, 5) is 44.6. The van der Waals surface area contributed by atoms with Gasteiger partial charge in [0.05, 0.1) is 11.1 Å². The summed E-state index contributed by atoms with van der Waals surface area (Å²) in [5, 5.41) is 23.1. The molecule has 0 aromatic heterocycles. The number of carbonyl (C=O) groups excluding carboxylic acids is 2. The Kier molecular flexibility index (Phi) is 7.70. The zero-order valence-electron chi connectivity index (χ0n) is 12.7. The number of aromatic carboxylic acids is 2. The Morgan fingerprint density at radius 1 is 0.917 bits per heavy atom. The molecule has 0 fully saturated rings. The second-order valence-corrected chi connectivity index (χ2v) is 5.09. The van der Waals surface area contributed by atoms with Gasteiger partial charge in [0.1, 0.15) is 5.88 Å². The third-order valence-corrected chi connectivity index (χ3v) is 3.32. The summed E-state index contributed by atoms with van der Waals surface area (Å²) in [5.74, 6) is -3.41. The second-order valence-electron chi connectivity index (χ2n) is 4.82. The van der Waals surface area contributed by atoms with Crippen molar-refractivity contribution in [1.29, 1.82) is 0 Å². The Morgan fingerprint density at radius 2 is 1.50 bits per heavy atom. The maximum atomic E-state index is 11.7. The topological polar surface area (TPSA) is 133 Å². The lowest BCUT2D eigenvalue weighted by Crippen LogP contribution is -2.35. The number of hydrogen-bond donors (Lipinski definition) is 4. The number of hydrogen-bond acceptors (Lipinski definition) is 4. The number of carbonyl (C=O) groups is 4. The minimum atomic E-state index is -1.34. The molecule has 0 spiro atoms. The van der Waals surface area contributed by atoms with Gasteiger partial charge in [0.15, 0.2) is 0 Å². The highest BCUT2D eigenvalue weighted by Crippen LogP contribution is 2.14. The third-order valence-electron chi connectivity index (χ3n) is 3.08. The van der Waals surface area contributed by atoms with E-state index in [0.29, 0.717) is 5.56 Å². The van der Waals surface area contributed by atoms with Gasteiger partial charge >= 0.3 is 11.9 Å². The lowest BCUT2D eigenvalue weighted by molar-refractivity contribution is -0.122. The highest BCUT2D eigenvalue weighted by molar-refractivity contribution is 6.27. The first-order valence-corrected chi connectivity index (χ1v) is 7.57. The van der Waals surface area contributed by atoms with Crippen molar-refractivity contribution in [2.24, 2.45) is 0 Å². The Morgan fingerprint density at radius 3 is 2.04 bits per heavy atom. The molecule has 1 aromatic rings. The van der Waals surface area contributed by atoms with Crippen LogP contribution in [-0.4, -0.2) is 52.9 Å². The van der Waals surface area contributed by atoms with Crippen LogP contribution >= 0.6 is 11.6 Å². The van der Waals surface area contributed by atoms with Crippen molar-refractivity contribution in [3.05, 3.63) is 34.9 Å². The molecule has 0 radical (unpaired) electrons. The molecule has 24 heavy (non-hydrogen) atoms. The van der Waals surface area contributed by atoms with Crippen LogP contribution in [0.5, 0.6) is 0 Å². The van der Waals surface area contributed by atoms with E-state index >= 15 is 0 Å². The van der Waals surface area contributed by atoms with Gasteiger partial charge in [0.2, 0.25) is 11.8 Å². The first kappa shape index (κ1) is 19.4. The molecule has 0 atom stereocenters. The molecule has 0 unspecified atom stereocenters. The van der Waals surface area contributed by atoms with Gasteiger partial charge in [-0.25, -0.2) is 9.59 Å². The van der Waals surface area contributed by atoms with Crippen LogP contribution in [0.2, 0.25) is 0 Å². The van der Waals surface area contributed by atoms with E-state index in [9.17, 15) is 19.2 Å². The minimum Gasteiger partial charge on any atom is -0.478 e. The molecule has 0 heterocycles. The Labute approximate surface area is 142 Å². The molecule has 0 aliphatic rings. The van der Waals surface area contributed by atoms with Crippen molar-refractivity contribution in [2.45, 2.75) is 12.8 Å². The average Bonchev–Trinajstić information content (AvgIpc) is 2.56. The van der Waals surface area contributed by atoms with Crippen molar-refractivity contribution < 1.29 is 29.4 Å². The van der Waals surface area contributed by atoms with E-state index in [1.165, 1.54) is 18.2 Å². The van der Waals surface area contributed by atoms with Crippen LogP contribution < -0.4 is 10.6 Å². The van der Waals surface area contributed by atoms with Crippen LogP contribution in [0.15, 0.2) is 18.2 Å². The molecule has 2 amide bonds. The molecule has 0 saturated heterocycles. The minimum absolute atomic E-state index is 0.106. The standard InChI is InChI=1S/C15H17ClN2O6/c16-8-13(20)18-6-5-17-12(19)4-2-9-1-3-10(14(21)22)11(7-9)15(23)24/h1,3,7H,2,4-6,8H2,(H,17,19)(H,18,20)(H,21,22)(H,23,24). The van der Waals surface area contributed by atoms with Crippen molar-refractivity contribution in [3.63, 3.8) is 0 Å². The summed E-state index contributed by atoms with van der Waals surface area (Å²) in [5.41, 5.74) is -0.0714. The normalized spacial score (nSPS) is 10.0. The fraction of sp³-hybridized carbons (Fsp3) is 0.333. The number of alkyl halides is 1. The van der Waals surface area contributed by atoms with E-state index in [2.05, 4.69) is 10.6 Å². The van der Waals surface area contributed by atoms with Gasteiger partial charge in [0.25, 0.3) is 0 Å². The second kappa shape index (κ2) is 9.51. The van der Waals surface area contributed by atoms with Crippen molar-refractivity contribution >= 4 is 35.4 Å². The number of aryl methyl sites for hydroxylation is 1. The van der Waals surface area contributed by atoms with Crippen LogP contribution in [0.3, 0.4) is 0 Å². The molecule has 9 heteroatoms. The lowest BCUT2D eigenvalue weighted by Gasteiger charge is -2.08. The summed E-state index contributed by atoms with van der Waals surface area (Å²) in [6.07, 6.45) is 0.370. The van der Waals surface area contributed by atoms with Crippen molar-refractivity contribution in [2.75, 3.05) is 19.0 Å². The quantitative estimate of drug-likeness (QED) is 0.376. The summed E-state index contributed by atoms with van der Waals surface area (Å²) in [6, 6.07) is 3.93. The van der Waals surface area contributed by atoms with Crippen molar-refractivity contribution in [1.82, 2.24) is 10.6 Å². The number of carboxylic acid groups (broad SMARTS) is 2. The Hall–Kier alpha value is -2.61. The van der Waals surface area contributed by atoms with E-state index < -0.39 is 11.9 Å². The van der Waals surface area contributed by atoms with Crippen LogP contribution in [0.1, 0.15) is 32.7 Å². The molecule has 8 nitrogen and oxygen atoms in total. The van der Waals surface area contributed by atoms with Gasteiger partial charge in [-0.15, -0.1) is 11.6 Å². The summed E-state index contributed by atoms with van der Waals surface area (Å²) in [6.45, 7) is 0.507. The SMILES string of the molecule is O=C(CCl)NCCNC(=O)CCc1ccc(C(=O)O)c(C(=O)O)c1. The zero-order chi connectivity index (χ0) is 18.1. The van der Waals surface area contributed by atoms with E-state index in [-0.39, 0.29) is 54.8 Å². The molecule has 0 saturated carbocycles. The highest BCUT2D eigenvalue weighted by Gasteiger charge is 2.16. The molecule has 0 aliphatic carbocycles. The molecule has 4 N–H and O–H groups in total. The van der Waals surface area contributed by atoms with Gasteiger partial charge in [0, 0.05) is 19.5 Å². The first-order valence-electron chi connectivity index (χ1n) is 7.04. The van der Waals surface area contributed by atoms with Gasteiger partial charge < -0.3 is 20.8 Å². The molecule has 0 bridgehead atoms. The van der Waals surface area contributed by atoms with Crippen LogP contribution in [-0.2, 0) is 16.0 Å². The van der Waals surface area contributed by atoms with E-state index in [1.807, 2.05) is 0 Å². The van der Waals surface area contributed by atoms with Gasteiger partial charge in [-0.05, 0) is 24.1 Å². The monoisotopic (exact) mass is 356 g/mol. The van der Waals surface area contributed by atoms with Crippen LogP contribution in [0, 0.1) is 0 Å². The average molecular weight is 357 g/mol. The fourth-order valence-corrected chi connectivity index (χ4v) is 2.00. The predicted octanol–water partition coefficient (Wildman–Crippen LogP) is 0.487. The number of carboxylic acids is 2. The van der Waals surface area contributed by atoms with Gasteiger partial charge in [-0.2, -0.15) is 0 Å². The Bertz CT molecular complexity index is 647. The first-order chi connectivity index (χ1) is 11.3. The number of halogens is 1. The number of amides is 2. The molecule has 130 valence electrons. The molecule has 0 aliphatic heterocycles. The molecule has 1 aromatic carbocycles. The highest BCUT2D eigenvalue weighted by atomic mass is 35.5. The third kappa shape index (κ3) is 6.25. The number of rotatable bonds is 9.